The summed E-state index contributed by atoms with van der Waals surface area (Å²) in [5.41, 5.74) is 1.17. The molecular formula is C17H22BrNO2. The molecule has 0 saturated heterocycles. The van der Waals surface area contributed by atoms with Gasteiger partial charge in [-0.3, -0.25) is 0 Å². The van der Waals surface area contributed by atoms with Crippen molar-refractivity contribution in [2.24, 2.45) is 0 Å². The molecule has 114 valence electrons. The van der Waals surface area contributed by atoms with E-state index in [9.17, 15) is 0 Å². The molecule has 4 heteroatoms. The van der Waals surface area contributed by atoms with E-state index in [1.165, 1.54) is 5.56 Å². The molecule has 0 saturated carbocycles. The van der Waals surface area contributed by atoms with Gasteiger partial charge in [0.15, 0.2) is 4.67 Å². The number of nitrogens with one attached hydrogen (secondary N) is 1. The fourth-order valence-corrected chi connectivity index (χ4v) is 2.48. The number of hydrogen-bond acceptors (Lipinski definition) is 3. The molecule has 0 radical (unpaired) electrons. The van der Waals surface area contributed by atoms with Gasteiger partial charge in [0.2, 0.25) is 0 Å². The molecule has 2 aromatic rings. The van der Waals surface area contributed by atoms with E-state index in [0.29, 0.717) is 0 Å². The van der Waals surface area contributed by atoms with E-state index < -0.39 is 0 Å². The molecule has 1 atom stereocenters. The van der Waals surface area contributed by atoms with Gasteiger partial charge in [0.05, 0.1) is 12.1 Å². The van der Waals surface area contributed by atoms with Gasteiger partial charge in [0.1, 0.15) is 11.5 Å². The summed E-state index contributed by atoms with van der Waals surface area (Å²) < 4.78 is 12.2. The summed E-state index contributed by atoms with van der Waals surface area (Å²) in [4.78, 5) is 0. The molecule has 0 amide bonds. The van der Waals surface area contributed by atoms with Crippen LogP contribution in [0, 0.1) is 0 Å². The van der Waals surface area contributed by atoms with Gasteiger partial charge in [0, 0.05) is 0 Å². The van der Waals surface area contributed by atoms with Crippen LogP contribution < -0.4 is 10.1 Å². The molecule has 1 aromatic carbocycles. The molecule has 1 heterocycles. The first-order chi connectivity index (χ1) is 10.1. The van der Waals surface area contributed by atoms with Gasteiger partial charge in [0.25, 0.3) is 0 Å². The quantitative estimate of drug-likeness (QED) is 0.768. The second-order valence-corrected chi connectivity index (χ2v) is 6.05. The summed E-state index contributed by atoms with van der Waals surface area (Å²) >= 11 is 3.37. The van der Waals surface area contributed by atoms with Crippen LogP contribution in [0.1, 0.15) is 44.6 Å². The third-order valence-electron chi connectivity index (χ3n) is 3.06. The Labute approximate surface area is 134 Å². The summed E-state index contributed by atoms with van der Waals surface area (Å²) in [7, 11) is 0. The van der Waals surface area contributed by atoms with Gasteiger partial charge >= 0.3 is 0 Å². The minimum absolute atomic E-state index is 0.0596. The van der Waals surface area contributed by atoms with E-state index in [1.807, 2.05) is 38.1 Å². The van der Waals surface area contributed by atoms with Crippen molar-refractivity contribution >= 4 is 15.9 Å². The number of ether oxygens (including phenoxy) is 1. The fourth-order valence-electron chi connectivity index (χ4n) is 2.17. The molecule has 1 unspecified atom stereocenters. The Morgan fingerprint density at radius 2 is 1.86 bits per heavy atom. The molecular weight excluding hydrogens is 330 g/mol. The van der Waals surface area contributed by atoms with Gasteiger partial charge in [-0.25, -0.2) is 0 Å². The lowest BCUT2D eigenvalue weighted by Crippen LogP contribution is -2.22. The van der Waals surface area contributed by atoms with E-state index in [-0.39, 0.29) is 12.1 Å². The summed E-state index contributed by atoms with van der Waals surface area (Å²) in [6.45, 7) is 7.15. The molecule has 0 bridgehead atoms. The molecule has 1 N–H and O–H groups in total. The van der Waals surface area contributed by atoms with Crippen molar-refractivity contribution in [3.63, 3.8) is 0 Å². The second-order valence-electron chi connectivity index (χ2n) is 5.26. The van der Waals surface area contributed by atoms with Crippen LogP contribution in [0.4, 0.5) is 0 Å². The Morgan fingerprint density at radius 1 is 1.14 bits per heavy atom. The average Bonchev–Trinajstić information content (AvgIpc) is 2.87. The highest BCUT2D eigenvalue weighted by atomic mass is 79.9. The highest BCUT2D eigenvalue weighted by Gasteiger charge is 2.17. The topological polar surface area (TPSA) is 34.4 Å². The molecule has 3 nitrogen and oxygen atoms in total. The van der Waals surface area contributed by atoms with Crippen LogP contribution in [0.2, 0.25) is 0 Å². The zero-order valence-corrected chi connectivity index (χ0v) is 14.3. The highest BCUT2D eigenvalue weighted by Crippen LogP contribution is 2.27. The van der Waals surface area contributed by atoms with Crippen molar-refractivity contribution in [1.29, 1.82) is 0 Å². The van der Waals surface area contributed by atoms with Crippen LogP contribution in [0.15, 0.2) is 45.5 Å². The first-order valence-electron chi connectivity index (χ1n) is 7.35. The van der Waals surface area contributed by atoms with Gasteiger partial charge < -0.3 is 14.5 Å². The minimum Gasteiger partial charge on any atom is -0.491 e. The van der Waals surface area contributed by atoms with E-state index in [4.69, 9.17) is 9.15 Å². The number of rotatable bonds is 7. The van der Waals surface area contributed by atoms with E-state index in [2.05, 4.69) is 40.3 Å². The first-order valence-corrected chi connectivity index (χ1v) is 8.14. The van der Waals surface area contributed by atoms with E-state index in [0.717, 1.165) is 29.1 Å². The van der Waals surface area contributed by atoms with E-state index >= 15 is 0 Å². The molecule has 0 spiro atoms. The summed E-state index contributed by atoms with van der Waals surface area (Å²) in [5.74, 6) is 1.80. The number of benzene rings is 1. The van der Waals surface area contributed by atoms with Crippen LogP contribution >= 0.6 is 15.9 Å². The zero-order valence-electron chi connectivity index (χ0n) is 12.7. The van der Waals surface area contributed by atoms with Gasteiger partial charge in [-0.15, -0.1) is 0 Å². The summed E-state index contributed by atoms with van der Waals surface area (Å²) in [6, 6.07) is 12.2. The lowest BCUT2D eigenvalue weighted by Gasteiger charge is -2.17. The molecule has 0 aliphatic rings. The largest absolute Gasteiger partial charge is 0.491 e. The summed E-state index contributed by atoms with van der Waals surface area (Å²) in [6.07, 6.45) is 1.26. The Hall–Kier alpha value is -1.26. The number of halogens is 1. The maximum Gasteiger partial charge on any atom is 0.169 e. The van der Waals surface area contributed by atoms with Crippen molar-refractivity contribution in [1.82, 2.24) is 5.32 Å². The minimum atomic E-state index is 0.0596. The Balaban J connectivity index is 2.20. The maximum absolute atomic E-state index is 5.71. The first kappa shape index (κ1) is 16.1. The molecule has 21 heavy (non-hydrogen) atoms. The number of hydrogen-bond donors (Lipinski definition) is 1. The smallest absolute Gasteiger partial charge is 0.169 e. The predicted octanol–water partition coefficient (Wildman–Crippen LogP) is 4.92. The average molecular weight is 352 g/mol. The zero-order chi connectivity index (χ0) is 15.2. The normalized spacial score (nSPS) is 12.6. The summed E-state index contributed by atoms with van der Waals surface area (Å²) in [5, 5.41) is 3.52. The molecule has 2 rings (SSSR count). The second kappa shape index (κ2) is 7.66. The SMILES string of the molecule is CCCNC(c1ccc(OC(C)C)cc1)c1ccc(Br)o1. The van der Waals surface area contributed by atoms with E-state index in [1.54, 1.807) is 0 Å². The molecule has 1 aromatic heterocycles. The van der Waals surface area contributed by atoms with Crippen molar-refractivity contribution in [2.45, 2.75) is 39.3 Å². The van der Waals surface area contributed by atoms with Crippen molar-refractivity contribution in [2.75, 3.05) is 6.54 Å². The molecule has 0 aliphatic carbocycles. The van der Waals surface area contributed by atoms with Crippen LogP contribution in [0.5, 0.6) is 5.75 Å². The van der Waals surface area contributed by atoms with Crippen molar-refractivity contribution in [3.05, 3.63) is 52.4 Å². The monoisotopic (exact) mass is 351 g/mol. The van der Waals surface area contributed by atoms with Crippen LogP contribution in [0.25, 0.3) is 0 Å². The van der Waals surface area contributed by atoms with Crippen LogP contribution in [0.3, 0.4) is 0 Å². The van der Waals surface area contributed by atoms with Crippen molar-refractivity contribution < 1.29 is 9.15 Å². The maximum atomic E-state index is 5.71. The predicted molar refractivity (Wildman–Crippen MR) is 88.8 cm³/mol. The Morgan fingerprint density at radius 3 is 2.38 bits per heavy atom. The van der Waals surface area contributed by atoms with Gasteiger partial charge in [-0.05, 0) is 72.6 Å². The van der Waals surface area contributed by atoms with Crippen LogP contribution in [-0.4, -0.2) is 12.6 Å². The standard InChI is InChI=1S/C17H22BrNO2/c1-4-11-19-17(15-9-10-16(18)21-15)13-5-7-14(8-6-13)20-12(2)3/h5-10,12,17,19H,4,11H2,1-3H3. The Kier molecular flexibility index (Phi) is 5.88. The third-order valence-corrected chi connectivity index (χ3v) is 3.49. The lowest BCUT2D eigenvalue weighted by atomic mass is 10.0. The van der Waals surface area contributed by atoms with Crippen molar-refractivity contribution in [3.8, 4) is 5.75 Å². The highest BCUT2D eigenvalue weighted by molar-refractivity contribution is 9.10. The fraction of sp³-hybridized carbons (Fsp3) is 0.412. The molecule has 0 aliphatic heterocycles. The molecule has 0 fully saturated rings. The van der Waals surface area contributed by atoms with Gasteiger partial charge in [-0.2, -0.15) is 0 Å². The van der Waals surface area contributed by atoms with Crippen LogP contribution in [-0.2, 0) is 0 Å². The number of furan rings is 1. The lowest BCUT2D eigenvalue weighted by molar-refractivity contribution is 0.242. The Bertz CT molecular complexity index is 548. The third kappa shape index (κ3) is 4.61. The van der Waals surface area contributed by atoms with Gasteiger partial charge in [-0.1, -0.05) is 19.1 Å².